The monoisotopic (exact) mass is 614 g/mol. The third-order valence-electron chi connectivity index (χ3n) is 3.45. The van der Waals surface area contributed by atoms with Crippen LogP contribution in [0.2, 0.25) is 0 Å². The summed E-state index contributed by atoms with van der Waals surface area (Å²) >= 11 is 0. The number of nitrogens with one attached hydrogen (secondary N) is 1. The molecule has 0 aliphatic carbocycles. The number of hydrogen-bond donors (Lipinski definition) is 2. The second-order valence-corrected chi connectivity index (χ2v) is 7.42. The number of carbonyl (C=O) groups is 1. The van der Waals surface area contributed by atoms with Crippen molar-refractivity contribution in [3.63, 3.8) is 0 Å². The topological polar surface area (TPSA) is 98.5 Å². The fourth-order valence-corrected chi connectivity index (χ4v) is 2.09. The summed E-state index contributed by atoms with van der Waals surface area (Å²) in [6.45, 7) is 5.38. The van der Waals surface area contributed by atoms with Crippen molar-refractivity contribution < 1.29 is 92.6 Å². The van der Waals surface area contributed by atoms with E-state index in [9.17, 15) is 87.8 Å². The van der Waals surface area contributed by atoms with Crippen molar-refractivity contribution >= 4 is 16.2 Å². The van der Waals surface area contributed by atoms with E-state index in [1.807, 2.05) is 0 Å². The number of hydrogen-bond acceptors (Lipinski definition) is 4. The highest BCUT2D eigenvalue weighted by Gasteiger charge is 2.95. The highest BCUT2D eigenvalue weighted by atomic mass is 32.2. The quantitative estimate of drug-likeness (QED) is 0.164. The minimum Gasteiger partial charge on any atom is -0.463 e. The lowest BCUT2D eigenvalue weighted by molar-refractivity contribution is -0.462. The zero-order valence-corrected chi connectivity index (χ0v) is 17.9. The van der Waals surface area contributed by atoms with E-state index in [-0.39, 0.29) is 5.97 Å². The van der Waals surface area contributed by atoms with Crippen LogP contribution in [0.1, 0.15) is 6.92 Å². The lowest BCUT2D eigenvalue weighted by Gasteiger charge is -2.42. The first-order valence-electron chi connectivity index (χ1n) is 8.09. The van der Waals surface area contributed by atoms with Crippen LogP contribution in [0.3, 0.4) is 0 Å². The second kappa shape index (κ2) is 10.6. The van der Waals surface area contributed by atoms with E-state index in [2.05, 4.69) is 16.5 Å². The zero-order chi connectivity index (χ0) is 30.9. The lowest BCUT2D eigenvalue weighted by Crippen LogP contribution is -2.75. The molecule has 0 aromatic carbocycles. The summed E-state index contributed by atoms with van der Waals surface area (Å²) < 4.78 is 241. The Morgan fingerprint density at radius 1 is 0.730 bits per heavy atom. The van der Waals surface area contributed by atoms with Crippen molar-refractivity contribution in [1.29, 1.82) is 0 Å². The predicted molar refractivity (Wildman–Crippen MR) is 83.8 cm³/mol. The minimum absolute atomic E-state index is 0.359. The van der Waals surface area contributed by atoms with Crippen LogP contribution in [-0.2, 0) is 19.7 Å². The van der Waals surface area contributed by atoms with Gasteiger partial charge in [0.05, 0.1) is 6.61 Å². The van der Waals surface area contributed by atoms with E-state index >= 15 is 0 Å². The van der Waals surface area contributed by atoms with Gasteiger partial charge in [0.2, 0.25) is 0 Å². The maximum Gasteiger partial charge on any atom is 0.460 e. The number of alkyl halides is 17. The summed E-state index contributed by atoms with van der Waals surface area (Å²) in [6, 6.07) is -7.29. The first kappa shape index (κ1) is 37.0. The molecular weight excluding hydrogens is 603 g/mol. The van der Waals surface area contributed by atoms with E-state index in [1.54, 1.807) is 6.92 Å². The molecule has 0 saturated heterocycles. The zero-order valence-electron chi connectivity index (χ0n) is 17.0. The molecule has 0 aliphatic heterocycles. The number of halogens is 17. The summed E-state index contributed by atoms with van der Waals surface area (Å²) in [4.78, 5) is 10.1. The van der Waals surface area contributed by atoms with Crippen LogP contribution < -0.4 is 9.86 Å². The summed E-state index contributed by atoms with van der Waals surface area (Å²) in [6.07, 6.45) is -6.71. The molecule has 0 aliphatic rings. The fourth-order valence-electron chi connectivity index (χ4n) is 1.61. The molecule has 0 amide bonds. The Labute approximate surface area is 193 Å². The normalized spacial score (nSPS) is 15.0. The Bertz CT molecular complexity index is 930. The van der Waals surface area contributed by atoms with Gasteiger partial charge in [-0.2, -0.15) is 83.1 Å². The van der Waals surface area contributed by atoms with Gasteiger partial charge >= 0.3 is 53.7 Å². The van der Waals surface area contributed by atoms with Crippen LogP contribution in [0.15, 0.2) is 12.7 Å². The van der Waals surface area contributed by atoms with Gasteiger partial charge in [0.25, 0.3) is 10.2 Å². The van der Waals surface area contributed by atoms with Crippen LogP contribution in [0.4, 0.5) is 74.6 Å². The molecular formula is C13H11F17N2O4S. The van der Waals surface area contributed by atoms with Crippen LogP contribution in [0.25, 0.3) is 0 Å². The fraction of sp³-hybridized carbons (Fsp3) is 0.769. The molecule has 0 aromatic heterocycles. The summed E-state index contributed by atoms with van der Waals surface area (Å²) in [5, 5.41) is 3.65. The van der Waals surface area contributed by atoms with Gasteiger partial charge in [-0.25, -0.2) is 9.93 Å². The Morgan fingerprint density at radius 3 is 1.24 bits per heavy atom. The van der Waals surface area contributed by atoms with Crippen molar-refractivity contribution in [1.82, 2.24) is 4.72 Å². The van der Waals surface area contributed by atoms with Gasteiger partial charge in [-0.3, -0.25) is 0 Å². The second-order valence-electron chi connectivity index (χ2n) is 6.12. The molecule has 37 heavy (non-hydrogen) atoms. The van der Waals surface area contributed by atoms with E-state index in [4.69, 9.17) is 0 Å². The van der Waals surface area contributed by atoms with Crippen molar-refractivity contribution in [2.75, 3.05) is 6.61 Å². The van der Waals surface area contributed by atoms with Gasteiger partial charge in [0, 0.05) is 6.08 Å². The van der Waals surface area contributed by atoms with E-state index < -0.39 is 62.7 Å². The van der Waals surface area contributed by atoms with Crippen LogP contribution >= 0.6 is 0 Å². The molecule has 222 valence electrons. The van der Waals surface area contributed by atoms with Gasteiger partial charge < -0.3 is 4.74 Å². The number of ether oxygens (including phenoxy) is 1. The molecule has 24 heteroatoms. The smallest absolute Gasteiger partial charge is 0.460 e. The standard InChI is InChI=1S/C8H3F17N2O2S.C5H8O2/c9-1(10,3(13,14)5(17,18)7(21,22)23)2(11,12)4(15,16)6(19,20)8(24,25)27-30(26,28)29;1-3-5(6)7-4-2/h27H,(H2,26,28,29);3H,1,4H2,2H3. The highest BCUT2D eigenvalue weighted by molar-refractivity contribution is 7.87. The molecule has 0 radical (unpaired) electrons. The molecule has 0 fully saturated rings. The Balaban J connectivity index is 0. The van der Waals surface area contributed by atoms with E-state index in [0.717, 1.165) is 6.08 Å². The number of carbonyl (C=O) groups excluding carboxylic acids is 1. The van der Waals surface area contributed by atoms with Crippen LogP contribution in [-0.4, -0.2) is 68.8 Å². The molecule has 0 heterocycles. The maximum absolute atomic E-state index is 13.2. The van der Waals surface area contributed by atoms with Gasteiger partial charge in [0.1, 0.15) is 0 Å². The molecule has 0 spiro atoms. The third kappa shape index (κ3) is 6.67. The third-order valence-corrected chi connectivity index (χ3v) is 3.99. The van der Waals surface area contributed by atoms with Crippen LogP contribution in [0, 0.1) is 0 Å². The molecule has 0 rings (SSSR count). The average molecular weight is 614 g/mol. The van der Waals surface area contributed by atoms with Crippen LogP contribution in [0.5, 0.6) is 0 Å². The van der Waals surface area contributed by atoms with E-state index in [0.29, 0.717) is 6.61 Å². The Kier molecular flexibility index (Phi) is 10.6. The Morgan fingerprint density at radius 2 is 1.03 bits per heavy atom. The predicted octanol–water partition coefficient (Wildman–Crippen LogP) is 4.48. The molecule has 3 N–H and O–H groups in total. The van der Waals surface area contributed by atoms with Crippen molar-refractivity contribution in [3.8, 4) is 0 Å². The van der Waals surface area contributed by atoms with Gasteiger partial charge in [-0.05, 0) is 6.92 Å². The number of rotatable bonds is 10. The largest absolute Gasteiger partial charge is 0.463 e. The van der Waals surface area contributed by atoms with Crippen molar-refractivity contribution in [2.24, 2.45) is 5.14 Å². The molecule has 0 atom stereocenters. The Hall–Kier alpha value is -2.11. The maximum atomic E-state index is 13.2. The molecule has 0 unspecified atom stereocenters. The molecule has 0 aromatic rings. The summed E-state index contributed by atoms with van der Waals surface area (Å²) in [7, 11) is -6.24. The number of esters is 1. The molecule has 6 nitrogen and oxygen atoms in total. The van der Waals surface area contributed by atoms with Gasteiger partial charge in [-0.15, -0.1) is 4.72 Å². The average Bonchev–Trinajstić information content (AvgIpc) is 2.64. The summed E-state index contributed by atoms with van der Waals surface area (Å²) in [5.41, 5.74) is 0. The van der Waals surface area contributed by atoms with Gasteiger partial charge in [-0.1, -0.05) is 6.58 Å². The van der Waals surface area contributed by atoms with Gasteiger partial charge in [0.15, 0.2) is 0 Å². The minimum atomic E-state index is -8.79. The van der Waals surface area contributed by atoms with Crippen molar-refractivity contribution in [3.05, 3.63) is 12.7 Å². The lowest BCUT2D eigenvalue weighted by atomic mass is 9.90. The first-order chi connectivity index (χ1) is 15.8. The summed E-state index contributed by atoms with van der Waals surface area (Å²) in [5.74, 6) is -51.6. The number of nitrogens with two attached hydrogens (primary N) is 1. The highest BCUT2D eigenvalue weighted by Crippen LogP contribution is 2.63. The van der Waals surface area contributed by atoms with Crippen molar-refractivity contribution in [2.45, 2.75) is 54.7 Å². The van der Waals surface area contributed by atoms with E-state index in [1.165, 1.54) is 0 Å². The SMILES string of the molecule is C=CC(=O)OCC.NS(=O)(=O)NC(F)(F)C(F)(F)C(F)(F)C(F)(F)C(F)(F)C(F)(F)C(F)(F)C(F)(F)F. The molecule has 0 saturated carbocycles. The molecule has 0 bridgehead atoms. The first-order valence-corrected chi connectivity index (χ1v) is 9.63.